The standard InChI is InChI=1S/C14H15N3O2/c18-13-11-7-3-2-6-10(11)12(15-16-13)14(19)17-8-4-1-5-9-17/h2-3,6-7H,1,4-5,8-9H2,(H,16,18). The number of hydrogen-bond donors (Lipinski definition) is 1. The fourth-order valence-corrected chi connectivity index (χ4v) is 2.52. The molecule has 98 valence electrons. The highest BCUT2D eigenvalue weighted by Gasteiger charge is 2.21. The Bertz CT molecular complexity index is 672. The Labute approximate surface area is 110 Å². The van der Waals surface area contributed by atoms with Crippen LogP contribution in [-0.4, -0.2) is 34.1 Å². The van der Waals surface area contributed by atoms with Crippen molar-refractivity contribution in [1.82, 2.24) is 15.1 Å². The number of nitrogens with one attached hydrogen (secondary N) is 1. The predicted octanol–water partition coefficient (Wildman–Crippen LogP) is 1.55. The van der Waals surface area contributed by atoms with Gasteiger partial charge in [0.1, 0.15) is 0 Å². The molecule has 1 amide bonds. The fourth-order valence-electron chi connectivity index (χ4n) is 2.52. The highest BCUT2D eigenvalue weighted by atomic mass is 16.2. The van der Waals surface area contributed by atoms with Crippen LogP contribution in [0, 0.1) is 0 Å². The van der Waals surface area contributed by atoms with E-state index >= 15 is 0 Å². The zero-order chi connectivity index (χ0) is 13.2. The summed E-state index contributed by atoms with van der Waals surface area (Å²) in [7, 11) is 0. The van der Waals surface area contributed by atoms with E-state index in [0.717, 1.165) is 25.9 Å². The van der Waals surface area contributed by atoms with Crippen LogP contribution in [0.15, 0.2) is 29.1 Å². The van der Waals surface area contributed by atoms with Gasteiger partial charge in [0.15, 0.2) is 5.69 Å². The number of hydrogen-bond acceptors (Lipinski definition) is 3. The molecule has 0 aliphatic carbocycles. The molecule has 3 rings (SSSR count). The van der Waals surface area contributed by atoms with Gasteiger partial charge in [-0.25, -0.2) is 5.10 Å². The average molecular weight is 257 g/mol. The monoisotopic (exact) mass is 257 g/mol. The summed E-state index contributed by atoms with van der Waals surface area (Å²) in [5.74, 6) is -0.0906. The van der Waals surface area contributed by atoms with Crippen molar-refractivity contribution in [1.29, 1.82) is 0 Å². The van der Waals surface area contributed by atoms with Gasteiger partial charge in [0.05, 0.1) is 5.39 Å². The van der Waals surface area contributed by atoms with E-state index < -0.39 is 0 Å². The van der Waals surface area contributed by atoms with Crippen LogP contribution in [0.3, 0.4) is 0 Å². The highest BCUT2D eigenvalue weighted by Crippen LogP contribution is 2.17. The third-order valence-electron chi connectivity index (χ3n) is 3.54. The number of aromatic amines is 1. The minimum Gasteiger partial charge on any atom is -0.337 e. The van der Waals surface area contributed by atoms with Crippen LogP contribution in [0.1, 0.15) is 29.8 Å². The lowest BCUT2D eigenvalue weighted by Crippen LogP contribution is -2.36. The van der Waals surface area contributed by atoms with E-state index in [1.54, 1.807) is 18.2 Å². The Kier molecular flexibility index (Phi) is 3.03. The van der Waals surface area contributed by atoms with Crippen molar-refractivity contribution in [2.75, 3.05) is 13.1 Å². The van der Waals surface area contributed by atoms with Crippen LogP contribution in [0.25, 0.3) is 10.8 Å². The second-order valence-electron chi connectivity index (χ2n) is 4.80. The number of carbonyl (C=O) groups is 1. The average Bonchev–Trinajstić information content (AvgIpc) is 2.48. The maximum atomic E-state index is 12.5. The van der Waals surface area contributed by atoms with Crippen molar-refractivity contribution in [2.45, 2.75) is 19.3 Å². The van der Waals surface area contributed by atoms with Crippen molar-refractivity contribution in [3.8, 4) is 0 Å². The normalized spacial score (nSPS) is 15.7. The number of H-pyrrole nitrogens is 1. The number of benzene rings is 1. The number of carbonyl (C=O) groups excluding carboxylic acids is 1. The van der Waals surface area contributed by atoms with Crippen molar-refractivity contribution >= 4 is 16.7 Å². The van der Waals surface area contributed by atoms with Crippen LogP contribution in [-0.2, 0) is 0 Å². The number of nitrogens with zero attached hydrogens (tertiary/aromatic N) is 2. The predicted molar refractivity (Wildman–Crippen MR) is 72.1 cm³/mol. The second kappa shape index (κ2) is 4.84. The number of fused-ring (bicyclic) bond motifs is 1. The van der Waals surface area contributed by atoms with Gasteiger partial charge in [-0.05, 0) is 25.3 Å². The van der Waals surface area contributed by atoms with Gasteiger partial charge in [-0.3, -0.25) is 9.59 Å². The lowest BCUT2D eigenvalue weighted by atomic mass is 10.1. The minimum atomic E-state index is -0.259. The third-order valence-corrected chi connectivity index (χ3v) is 3.54. The smallest absolute Gasteiger partial charge is 0.274 e. The van der Waals surface area contributed by atoms with Gasteiger partial charge >= 0.3 is 0 Å². The van der Waals surface area contributed by atoms with Gasteiger partial charge in [-0.1, -0.05) is 18.2 Å². The van der Waals surface area contributed by atoms with Gasteiger partial charge in [0.2, 0.25) is 0 Å². The fraction of sp³-hybridized carbons (Fsp3) is 0.357. The molecule has 2 heterocycles. The number of rotatable bonds is 1. The lowest BCUT2D eigenvalue weighted by molar-refractivity contribution is 0.0719. The molecule has 0 saturated carbocycles. The molecule has 1 aromatic heterocycles. The van der Waals surface area contributed by atoms with E-state index in [2.05, 4.69) is 10.2 Å². The van der Waals surface area contributed by atoms with Crippen LogP contribution in [0.4, 0.5) is 0 Å². The van der Waals surface area contributed by atoms with Crippen molar-refractivity contribution < 1.29 is 4.79 Å². The van der Waals surface area contributed by atoms with Gasteiger partial charge < -0.3 is 4.90 Å². The molecule has 0 spiro atoms. The quantitative estimate of drug-likeness (QED) is 0.843. The van der Waals surface area contributed by atoms with Crippen molar-refractivity contribution in [3.05, 3.63) is 40.3 Å². The molecule has 0 atom stereocenters. The molecule has 0 radical (unpaired) electrons. The summed E-state index contributed by atoms with van der Waals surface area (Å²) >= 11 is 0. The summed E-state index contributed by atoms with van der Waals surface area (Å²) in [4.78, 5) is 26.0. The van der Waals surface area contributed by atoms with E-state index in [1.807, 2.05) is 11.0 Å². The summed E-state index contributed by atoms with van der Waals surface area (Å²) in [6.07, 6.45) is 3.24. The third kappa shape index (κ3) is 2.12. The Hall–Kier alpha value is -2.17. The Balaban J connectivity index is 2.07. The Morgan fingerprint density at radius 2 is 1.79 bits per heavy atom. The first-order chi connectivity index (χ1) is 9.27. The number of likely N-dealkylation sites (tertiary alicyclic amines) is 1. The van der Waals surface area contributed by atoms with Gasteiger partial charge in [0, 0.05) is 18.5 Å². The zero-order valence-electron chi connectivity index (χ0n) is 10.6. The van der Waals surface area contributed by atoms with E-state index in [4.69, 9.17) is 0 Å². The molecular weight excluding hydrogens is 242 g/mol. The van der Waals surface area contributed by atoms with Gasteiger partial charge in [0.25, 0.3) is 11.5 Å². The molecule has 19 heavy (non-hydrogen) atoms. The first-order valence-electron chi connectivity index (χ1n) is 6.54. The van der Waals surface area contributed by atoms with Crippen molar-refractivity contribution in [2.24, 2.45) is 0 Å². The van der Waals surface area contributed by atoms with Crippen LogP contribution in [0.2, 0.25) is 0 Å². The summed E-state index contributed by atoms with van der Waals surface area (Å²) in [5.41, 5.74) is 0.0860. The summed E-state index contributed by atoms with van der Waals surface area (Å²) in [6, 6.07) is 7.08. The zero-order valence-corrected chi connectivity index (χ0v) is 10.6. The largest absolute Gasteiger partial charge is 0.337 e. The van der Waals surface area contributed by atoms with E-state index in [9.17, 15) is 9.59 Å². The topological polar surface area (TPSA) is 66.1 Å². The van der Waals surface area contributed by atoms with E-state index in [0.29, 0.717) is 16.5 Å². The number of aromatic nitrogens is 2. The summed E-state index contributed by atoms with van der Waals surface area (Å²) in [6.45, 7) is 1.54. The molecule has 0 bridgehead atoms. The second-order valence-corrected chi connectivity index (χ2v) is 4.80. The van der Waals surface area contributed by atoms with Gasteiger partial charge in [-0.2, -0.15) is 5.10 Å². The summed E-state index contributed by atoms with van der Waals surface area (Å²) in [5, 5.41) is 7.50. The molecular formula is C14H15N3O2. The van der Waals surface area contributed by atoms with Gasteiger partial charge in [-0.15, -0.1) is 0 Å². The Morgan fingerprint density at radius 1 is 1.11 bits per heavy atom. The first-order valence-corrected chi connectivity index (χ1v) is 6.54. The van der Waals surface area contributed by atoms with E-state index in [1.165, 1.54) is 6.42 Å². The van der Waals surface area contributed by atoms with E-state index in [-0.39, 0.29) is 11.5 Å². The molecule has 2 aromatic rings. The molecule has 1 aliphatic heterocycles. The molecule has 1 saturated heterocycles. The van der Waals surface area contributed by atoms with Crippen molar-refractivity contribution in [3.63, 3.8) is 0 Å². The molecule has 0 unspecified atom stereocenters. The molecule has 5 nitrogen and oxygen atoms in total. The summed E-state index contributed by atoms with van der Waals surface area (Å²) < 4.78 is 0. The first kappa shape index (κ1) is 11.9. The molecule has 1 aliphatic rings. The number of piperidine rings is 1. The molecule has 1 aromatic carbocycles. The maximum Gasteiger partial charge on any atom is 0.274 e. The minimum absolute atomic E-state index is 0.0906. The number of amides is 1. The SMILES string of the molecule is O=C(c1n[nH]c(=O)c2ccccc12)N1CCCCC1. The Morgan fingerprint density at radius 3 is 2.53 bits per heavy atom. The highest BCUT2D eigenvalue weighted by molar-refractivity contribution is 6.04. The van der Waals surface area contributed by atoms with Crippen LogP contribution < -0.4 is 5.56 Å². The lowest BCUT2D eigenvalue weighted by Gasteiger charge is -2.26. The van der Waals surface area contributed by atoms with Crippen LogP contribution in [0.5, 0.6) is 0 Å². The molecule has 1 fully saturated rings. The molecule has 1 N–H and O–H groups in total. The van der Waals surface area contributed by atoms with Crippen LogP contribution >= 0.6 is 0 Å². The maximum absolute atomic E-state index is 12.5. The molecule has 5 heteroatoms.